The van der Waals surface area contributed by atoms with Gasteiger partial charge in [0, 0.05) is 19.7 Å². The molecule has 0 radical (unpaired) electrons. The van der Waals surface area contributed by atoms with Crippen LogP contribution in [0.5, 0.6) is 5.88 Å². The molecule has 7 heteroatoms. The highest BCUT2D eigenvalue weighted by Gasteiger charge is 2.31. The molecule has 0 atom stereocenters. The molecule has 0 fully saturated rings. The Bertz CT molecular complexity index is 408. The highest BCUT2D eigenvalue weighted by atomic mass is 19.4. The van der Waals surface area contributed by atoms with Crippen LogP contribution in [0.15, 0.2) is 12.1 Å². The molecule has 0 saturated carbocycles. The maximum Gasteiger partial charge on any atom is 0.416 e. The molecule has 1 rings (SSSR count). The molecule has 1 aromatic rings. The minimum absolute atomic E-state index is 0.0158. The van der Waals surface area contributed by atoms with E-state index in [-0.39, 0.29) is 11.7 Å². The predicted molar refractivity (Wildman–Crippen MR) is 67.5 cm³/mol. The van der Waals surface area contributed by atoms with E-state index in [0.717, 1.165) is 25.1 Å². The van der Waals surface area contributed by atoms with Gasteiger partial charge in [0.1, 0.15) is 5.82 Å². The van der Waals surface area contributed by atoms with Crippen molar-refractivity contribution in [2.75, 3.05) is 39.6 Å². The summed E-state index contributed by atoms with van der Waals surface area (Å²) in [5.74, 6) is 0.121. The van der Waals surface area contributed by atoms with Crippen LogP contribution in [0.2, 0.25) is 0 Å². The molecule has 1 N–H and O–H groups in total. The van der Waals surface area contributed by atoms with Crippen LogP contribution in [0.3, 0.4) is 0 Å². The molecule has 0 aliphatic rings. The minimum atomic E-state index is -4.41. The van der Waals surface area contributed by atoms with E-state index in [2.05, 4.69) is 10.3 Å². The number of alkyl halides is 3. The van der Waals surface area contributed by atoms with Gasteiger partial charge < -0.3 is 15.0 Å². The molecule has 1 aromatic heterocycles. The Morgan fingerprint density at radius 1 is 1.32 bits per heavy atom. The molecular formula is C12H18F3N3O. The lowest BCUT2D eigenvalue weighted by Gasteiger charge is -2.13. The van der Waals surface area contributed by atoms with Crippen molar-refractivity contribution < 1.29 is 17.9 Å². The molecule has 108 valence electrons. The first kappa shape index (κ1) is 15.6. The highest BCUT2D eigenvalue weighted by Crippen LogP contribution is 2.32. The number of rotatable bonds is 6. The number of hydrogen-bond donors (Lipinski definition) is 1. The average molecular weight is 277 g/mol. The molecule has 0 saturated heterocycles. The van der Waals surface area contributed by atoms with E-state index in [9.17, 15) is 13.2 Å². The van der Waals surface area contributed by atoms with Gasteiger partial charge in [-0.25, -0.2) is 0 Å². The van der Waals surface area contributed by atoms with E-state index in [0.29, 0.717) is 6.61 Å². The summed E-state index contributed by atoms with van der Waals surface area (Å²) in [5.41, 5.74) is -0.769. The van der Waals surface area contributed by atoms with Crippen LogP contribution >= 0.6 is 0 Å². The summed E-state index contributed by atoms with van der Waals surface area (Å²) in [6.45, 7) is 1.13. The van der Waals surface area contributed by atoms with Gasteiger partial charge in [0.15, 0.2) is 0 Å². The molecule has 0 unspecified atom stereocenters. The van der Waals surface area contributed by atoms with E-state index in [1.54, 1.807) is 0 Å². The Hall–Kier alpha value is -1.50. The lowest BCUT2D eigenvalue weighted by atomic mass is 10.2. The van der Waals surface area contributed by atoms with Crippen molar-refractivity contribution in [2.45, 2.75) is 12.6 Å². The van der Waals surface area contributed by atoms with Gasteiger partial charge in [-0.2, -0.15) is 18.2 Å². The average Bonchev–Trinajstić information content (AvgIpc) is 2.33. The molecule has 0 amide bonds. The van der Waals surface area contributed by atoms with Gasteiger partial charge in [-0.15, -0.1) is 0 Å². The molecular weight excluding hydrogens is 259 g/mol. The first-order chi connectivity index (χ1) is 8.82. The second-order valence-electron chi connectivity index (χ2n) is 4.33. The monoisotopic (exact) mass is 277 g/mol. The zero-order valence-electron chi connectivity index (χ0n) is 11.2. The van der Waals surface area contributed by atoms with Gasteiger partial charge in [0.05, 0.1) is 12.2 Å². The summed E-state index contributed by atoms with van der Waals surface area (Å²) < 4.78 is 43.2. The topological polar surface area (TPSA) is 37.4 Å². The van der Waals surface area contributed by atoms with Crippen LogP contribution in [-0.4, -0.2) is 44.2 Å². The van der Waals surface area contributed by atoms with Crippen LogP contribution in [-0.2, 0) is 6.18 Å². The van der Waals surface area contributed by atoms with Crippen molar-refractivity contribution in [1.82, 2.24) is 9.88 Å². The van der Waals surface area contributed by atoms with Gasteiger partial charge in [-0.3, -0.25) is 0 Å². The number of nitrogens with zero attached hydrogens (tertiary/aromatic N) is 2. The van der Waals surface area contributed by atoms with Crippen molar-refractivity contribution >= 4 is 5.82 Å². The Balaban J connectivity index is 2.72. The molecule has 0 aromatic carbocycles. The van der Waals surface area contributed by atoms with Crippen molar-refractivity contribution in [1.29, 1.82) is 0 Å². The lowest BCUT2D eigenvalue weighted by molar-refractivity contribution is -0.137. The highest BCUT2D eigenvalue weighted by molar-refractivity contribution is 5.42. The van der Waals surface area contributed by atoms with Crippen LogP contribution in [0.4, 0.5) is 19.0 Å². The maximum absolute atomic E-state index is 12.7. The Labute approximate surface area is 110 Å². The fraction of sp³-hybridized carbons (Fsp3) is 0.583. The van der Waals surface area contributed by atoms with Gasteiger partial charge in [0.25, 0.3) is 0 Å². The summed E-state index contributed by atoms with van der Waals surface area (Å²) in [7, 11) is 5.35. The standard InChI is InChI=1S/C12H18F3N3O/c1-16-10-7-9(12(13,14)15)8-11(17-10)19-6-4-5-18(2)3/h7-8H,4-6H2,1-3H3,(H,16,17). The first-order valence-corrected chi connectivity index (χ1v) is 5.87. The van der Waals surface area contributed by atoms with E-state index in [4.69, 9.17) is 4.74 Å². The number of ether oxygens (including phenoxy) is 1. The van der Waals surface area contributed by atoms with Crippen LogP contribution < -0.4 is 10.1 Å². The molecule has 0 aliphatic carbocycles. The third kappa shape index (κ3) is 5.34. The normalized spacial score (nSPS) is 11.7. The summed E-state index contributed by atoms with van der Waals surface area (Å²) in [6.07, 6.45) is -3.68. The minimum Gasteiger partial charge on any atom is -0.478 e. The number of pyridine rings is 1. The summed E-state index contributed by atoms with van der Waals surface area (Å²) >= 11 is 0. The van der Waals surface area contributed by atoms with E-state index < -0.39 is 11.7 Å². The van der Waals surface area contributed by atoms with E-state index in [1.165, 1.54) is 7.05 Å². The Morgan fingerprint density at radius 3 is 2.53 bits per heavy atom. The summed E-state index contributed by atoms with van der Waals surface area (Å²) in [5, 5.41) is 2.59. The van der Waals surface area contributed by atoms with E-state index >= 15 is 0 Å². The van der Waals surface area contributed by atoms with Crippen molar-refractivity contribution in [3.63, 3.8) is 0 Å². The third-order valence-corrected chi connectivity index (χ3v) is 2.38. The Kier molecular flexibility index (Phi) is 5.41. The third-order valence-electron chi connectivity index (χ3n) is 2.38. The van der Waals surface area contributed by atoms with Crippen molar-refractivity contribution in [3.8, 4) is 5.88 Å². The quantitative estimate of drug-likeness (QED) is 0.811. The summed E-state index contributed by atoms with van der Waals surface area (Å²) in [6, 6.07) is 1.86. The largest absolute Gasteiger partial charge is 0.478 e. The maximum atomic E-state index is 12.7. The molecule has 1 heterocycles. The van der Waals surface area contributed by atoms with Crippen LogP contribution in [0, 0.1) is 0 Å². The fourth-order valence-corrected chi connectivity index (χ4v) is 1.43. The van der Waals surface area contributed by atoms with Crippen LogP contribution in [0.1, 0.15) is 12.0 Å². The van der Waals surface area contributed by atoms with Gasteiger partial charge in [-0.05, 0) is 26.6 Å². The number of hydrogen-bond acceptors (Lipinski definition) is 4. The molecule has 0 bridgehead atoms. The number of anilines is 1. The summed E-state index contributed by atoms with van der Waals surface area (Å²) in [4.78, 5) is 5.91. The smallest absolute Gasteiger partial charge is 0.416 e. The molecule has 0 aliphatic heterocycles. The molecule has 4 nitrogen and oxygen atoms in total. The van der Waals surface area contributed by atoms with Gasteiger partial charge in [-0.1, -0.05) is 0 Å². The number of aromatic nitrogens is 1. The number of halogens is 3. The first-order valence-electron chi connectivity index (χ1n) is 5.87. The molecule has 0 spiro atoms. The van der Waals surface area contributed by atoms with Gasteiger partial charge in [0.2, 0.25) is 5.88 Å². The second-order valence-corrected chi connectivity index (χ2v) is 4.33. The lowest BCUT2D eigenvalue weighted by Crippen LogP contribution is -2.16. The number of nitrogens with one attached hydrogen (secondary N) is 1. The SMILES string of the molecule is CNc1cc(C(F)(F)F)cc(OCCCN(C)C)n1. The Morgan fingerprint density at radius 2 is 2.00 bits per heavy atom. The second kappa shape index (κ2) is 6.60. The van der Waals surface area contributed by atoms with Gasteiger partial charge >= 0.3 is 6.18 Å². The zero-order chi connectivity index (χ0) is 14.5. The van der Waals surface area contributed by atoms with Crippen molar-refractivity contribution in [2.24, 2.45) is 0 Å². The van der Waals surface area contributed by atoms with Crippen LogP contribution in [0.25, 0.3) is 0 Å². The zero-order valence-corrected chi connectivity index (χ0v) is 11.2. The predicted octanol–water partition coefficient (Wildman–Crippen LogP) is 2.47. The molecule has 19 heavy (non-hydrogen) atoms. The van der Waals surface area contributed by atoms with E-state index in [1.807, 2.05) is 19.0 Å². The fourth-order valence-electron chi connectivity index (χ4n) is 1.43. The van der Waals surface area contributed by atoms with Crippen molar-refractivity contribution in [3.05, 3.63) is 17.7 Å².